The van der Waals surface area contributed by atoms with Crippen molar-refractivity contribution in [1.29, 1.82) is 0 Å². The van der Waals surface area contributed by atoms with E-state index in [1.54, 1.807) is 29.3 Å². The highest BCUT2D eigenvalue weighted by Gasteiger charge is 2.13. The Hall–Kier alpha value is -1.70. The molecule has 132 valence electrons. The zero-order valence-electron chi connectivity index (χ0n) is 13.2. The lowest BCUT2D eigenvalue weighted by Gasteiger charge is -2.22. The molecule has 1 amide bonds. The lowest BCUT2D eigenvalue weighted by Crippen LogP contribution is -2.33. The van der Waals surface area contributed by atoms with Crippen LogP contribution >= 0.6 is 24.8 Å². The van der Waals surface area contributed by atoms with Crippen molar-refractivity contribution in [2.45, 2.75) is 19.3 Å². The molecule has 3 heterocycles. The molecule has 3 rings (SSSR count). The van der Waals surface area contributed by atoms with Crippen LogP contribution in [0.25, 0.3) is 5.82 Å². The second-order valence-electron chi connectivity index (χ2n) is 5.50. The first-order valence-corrected chi connectivity index (χ1v) is 7.63. The van der Waals surface area contributed by atoms with Crippen LogP contribution in [0, 0.1) is 5.92 Å². The van der Waals surface area contributed by atoms with Gasteiger partial charge in [-0.2, -0.15) is 5.10 Å². The van der Waals surface area contributed by atoms with E-state index < -0.39 is 0 Å². The zero-order chi connectivity index (χ0) is 15.2. The molecule has 0 bridgehead atoms. The molecule has 0 spiro atoms. The summed E-state index contributed by atoms with van der Waals surface area (Å²) in [5, 5.41) is 10.3. The second kappa shape index (κ2) is 10.2. The number of carbonyl (C=O) groups excluding carboxylic acids is 1. The Balaban J connectivity index is 0.00000144. The van der Waals surface area contributed by atoms with Crippen molar-refractivity contribution in [3.05, 3.63) is 36.5 Å². The van der Waals surface area contributed by atoms with Gasteiger partial charge >= 0.3 is 0 Å². The van der Waals surface area contributed by atoms with E-state index >= 15 is 0 Å². The maximum atomic E-state index is 12.1. The van der Waals surface area contributed by atoms with Crippen molar-refractivity contribution in [1.82, 2.24) is 30.4 Å². The van der Waals surface area contributed by atoms with Crippen molar-refractivity contribution < 1.29 is 4.79 Å². The fraction of sp³-hybridized carbons (Fsp3) is 0.467. The van der Waals surface area contributed by atoms with Gasteiger partial charge in [-0.05, 0) is 50.4 Å². The Morgan fingerprint density at radius 1 is 1.38 bits per heavy atom. The molecule has 1 saturated heterocycles. The molecule has 0 saturated carbocycles. The lowest BCUT2D eigenvalue weighted by atomic mass is 9.96. The Morgan fingerprint density at radius 2 is 2.25 bits per heavy atom. The number of hydrogen-bond donors (Lipinski definition) is 2. The number of piperidine rings is 1. The summed E-state index contributed by atoms with van der Waals surface area (Å²) in [5.41, 5.74) is 0.561. The molecule has 1 unspecified atom stereocenters. The summed E-state index contributed by atoms with van der Waals surface area (Å²) in [6.45, 7) is 2.88. The molecule has 1 fully saturated rings. The van der Waals surface area contributed by atoms with Gasteiger partial charge in [0.1, 0.15) is 12.7 Å². The Morgan fingerprint density at radius 3 is 2.88 bits per heavy atom. The Bertz CT molecular complexity index is 599. The molecule has 0 aliphatic carbocycles. The molecule has 1 aliphatic rings. The van der Waals surface area contributed by atoms with E-state index in [2.05, 4.69) is 25.7 Å². The molecule has 1 aliphatic heterocycles. The minimum Gasteiger partial charge on any atom is -0.352 e. The van der Waals surface area contributed by atoms with Crippen molar-refractivity contribution >= 4 is 30.7 Å². The number of nitrogens with zero attached hydrogens (tertiary/aromatic N) is 4. The van der Waals surface area contributed by atoms with Crippen LogP contribution in [0.2, 0.25) is 0 Å². The van der Waals surface area contributed by atoms with Crippen LogP contribution in [0.1, 0.15) is 29.6 Å². The predicted molar refractivity (Wildman–Crippen MR) is 96.2 cm³/mol. The van der Waals surface area contributed by atoms with Gasteiger partial charge < -0.3 is 10.6 Å². The monoisotopic (exact) mass is 372 g/mol. The summed E-state index contributed by atoms with van der Waals surface area (Å²) < 4.78 is 1.55. The van der Waals surface area contributed by atoms with Gasteiger partial charge in [0.05, 0.1) is 5.56 Å². The molecule has 2 aromatic heterocycles. The Kier molecular flexibility index (Phi) is 8.67. The van der Waals surface area contributed by atoms with Gasteiger partial charge in [0.15, 0.2) is 5.82 Å². The molecular weight excluding hydrogens is 351 g/mol. The first-order valence-electron chi connectivity index (χ1n) is 7.63. The summed E-state index contributed by atoms with van der Waals surface area (Å²) in [6, 6.07) is 3.51. The van der Waals surface area contributed by atoms with Crippen molar-refractivity contribution in [2.75, 3.05) is 19.6 Å². The third kappa shape index (κ3) is 5.43. The van der Waals surface area contributed by atoms with Gasteiger partial charge in [0.25, 0.3) is 5.91 Å². The number of pyridine rings is 1. The summed E-state index contributed by atoms with van der Waals surface area (Å²) in [5.74, 6) is 1.23. The van der Waals surface area contributed by atoms with Crippen molar-refractivity contribution in [2.24, 2.45) is 5.92 Å². The van der Waals surface area contributed by atoms with E-state index in [1.165, 1.54) is 19.2 Å². The van der Waals surface area contributed by atoms with E-state index in [4.69, 9.17) is 0 Å². The van der Waals surface area contributed by atoms with Gasteiger partial charge in [-0.1, -0.05) is 0 Å². The standard InChI is InChI=1S/C15H20N6O.2ClH/c22-15(18-7-5-12-2-1-6-16-8-12)13-3-4-14(19-9-13)21-11-17-10-20-21;;/h3-4,9-12,16H,1-2,5-8H2,(H,18,22);2*1H. The maximum Gasteiger partial charge on any atom is 0.252 e. The van der Waals surface area contributed by atoms with Crippen LogP contribution in [0.5, 0.6) is 0 Å². The smallest absolute Gasteiger partial charge is 0.252 e. The maximum absolute atomic E-state index is 12.1. The second-order valence-corrected chi connectivity index (χ2v) is 5.50. The summed E-state index contributed by atoms with van der Waals surface area (Å²) in [4.78, 5) is 20.2. The molecule has 2 N–H and O–H groups in total. The van der Waals surface area contributed by atoms with Crippen LogP contribution in [0.4, 0.5) is 0 Å². The zero-order valence-corrected chi connectivity index (χ0v) is 14.9. The number of amides is 1. The van der Waals surface area contributed by atoms with E-state index in [9.17, 15) is 4.79 Å². The summed E-state index contributed by atoms with van der Waals surface area (Å²) in [7, 11) is 0. The molecule has 0 radical (unpaired) electrons. The van der Waals surface area contributed by atoms with E-state index in [1.807, 2.05) is 0 Å². The van der Waals surface area contributed by atoms with Crippen LogP contribution < -0.4 is 10.6 Å². The summed E-state index contributed by atoms with van der Waals surface area (Å²) >= 11 is 0. The van der Waals surface area contributed by atoms with Crippen LogP contribution in [0.3, 0.4) is 0 Å². The van der Waals surface area contributed by atoms with E-state index in [0.29, 0.717) is 23.8 Å². The fourth-order valence-electron chi connectivity index (χ4n) is 2.64. The van der Waals surface area contributed by atoms with Gasteiger partial charge in [-0.3, -0.25) is 4.79 Å². The minimum atomic E-state index is -0.0820. The lowest BCUT2D eigenvalue weighted by molar-refractivity contribution is 0.0950. The average Bonchev–Trinajstić information content (AvgIpc) is 3.10. The number of hydrogen-bond acceptors (Lipinski definition) is 5. The van der Waals surface area contributed by atoms with Crippen LogP contribution in [-0.2, 0) is 0 Å². The molecule has 1 atom stereocenters. The molecule has 2 aromatic rings. The highest BCUT2D eigenvalue weighted by atomic mass is 35.5. The van der Waals surface area contributed by atoms with Gasteiger partial charge in [0, 0.05) is 12.7 Å². The predicted octanol–water partition coefficient (Wildman–Crippen LogP) is 1.63. The largest absolute Gasteiger partial charge is 0.352 e. The van der Waals surface area contributed by atoms with Gasteiger partial charge in [-0.25, -0.2) is 14.6 Å². The number of aromatic nitrogens is 4. The van der Waals surface area contributed by atoms with Gasteiger partial charge in [0.2, 0.25) is 0 Å². The first-order chi connectivity index (χ1) is 10.8. The van der Waals surface area contributed by atoms with Gasteiger partial charge in [-0.15, -0.1) is 24.8 Å². The van der Waals surface area contributed by atoms with E-state index in [-0.39, 0.29) is 30.7 Å². The highest BCUT2D eigenvalue weighted by molar-refractivity contribution is 5.93. The summed E-state index contributed by atoms with van der Waals surface area (Å²) in [6.07, 6.45) is 8.07. The fourth-order valence-corrected chi connectivity index (χ4v) is 2.64. The van der Waals surface area contributed by atoms with Crippen molar-refractivity contribution in [3.63, 3.8) is 0 Å². The van der Waals surface area contributed by atoms with Crippen molar-refractivity contribution in [3.8, 4) is 5.82 Å². The number of nitrogens with one attached hydrogen (secondary N) is 2. The molecule has 24 heavy (non-hydrogen) atoms. The topological polar surface area (TPSA) is 84.7 Å². The van der Waals surface area contributed by atoms with Crippen LogP contribution in [-0.4, -0.2) is 45.3 Å². The number of halogens is 2. The minimum absolute atomic E-state index is 0. The normalized spacial score (nSPS) is 16.6. The number of rotatable bonds is 5. The highest BCUT2D eigenvalue weighted by Crippen LogP contribution is 2.13. The number of carbonyl (C=O) groups is 1. The van der Waals surface area contributed by atoms with E-state index in [0.717, 1.165) is 19.5 Å². The molecule has 0 aromatic carbocycles. The Labute approximate surface area is 153 Å². The third-order valence-electron chi connectivity index (χ3n) is 3.90. The molecular formula is C15H22Cl2N6O. The molecule has 7 nitrogen and oxygen atoms in total. The third-order valence-corrected chi connectivity index (χ3v) is 3.90. The SMILES string of the molecule is Cl.Cl.O=C(NCCC1CCCNC1)c1ccc(-n2cncn2)nc1. The average molecular weight is 373 g/mol. The quantitative estimate of drug-likeness (QED) is 0.832. The molecule has 9 heteroatoms. The van der Waals surface area contributed by atoms with Crippen LogP contribution in [0.15, 0.2) is 31.0 Å². The first kappa shape index (κ1) is 20.3.